The maximum absolute atomic E-state index is 13.5. The van der Waals surface area contributed by atoms with Gasteiger partial charge < -0.3 is 36.0 Å². The van der Waals surface area contributed by atoms with Crippen LogP contribution in [0.5, 0.6) is 0 Å². The minimum atomic E-state index is -0.943. The molecule has 0 aliphatic carbocycles. The summed E-state index contributed by atoms with van der Waals surface area (Å²) in [6.45, 7) is 0.709. The first-order valence-electron chi connectivity index (χ1n) is 17.6. The van der Waals surface area contributed by atoms with Crippen molar-refractivity contribution in [3.8, 4) is 0 Å². The average Bonchev–Trinajstić information content (AvgIpc) is 3.62. The van der Waals surface area contributed by atoms with E-state index in [-0.39, 0.29) is 12.3 Å². The van der Waals surface area contributed by atoms with E-state index in [4.69, 9.17) is 9.30 Å². The van der Waals surface area contributed by atoms with Crippen molar-refractivity contribution in [2.45, 2.75) is 63.3 Å². The Morgan fingerprint density at radius 2 is 1.40 bits per heavy atom. The molecule has 4 aromatic carbocycles. The van der Waals surface area contributed by atoms with Crippen molar-refractivity contribution in [2.75, 3.05) is 14.2 Å². The number of aliphatic hydroxyl groups excluding tert-OH is 1. The Kier molecular flexibility index (Phi) is 22.3. The van der Waals surface area contributed by atoms with Crippen molar-refractivity contribution in [1.29, 1.82) is 0 Å². The molecule has 0 saturated heterocycles. The number of aryl methyl sites for hydroxylation is 1. The fraction of sp³-hybridized carbons (Fsp3) is 0.310. The Balaban J connectivity index is 0.000000639. The van der Waals surface area contributed by atoms with Gasteiger partial charge in [0.2, 0.25) is 12.3 Å². The number of hydrogen-bond donors (Lipinski definition) is 5. The number of fused-ring (bicyclic) bond motifs is 1. The fourth-order valence-corrected chi connectivity index (χ4v) is 5.98. The van der Waals surface area contributed by atoms with Crippen LogP contribution in [0.25, 0.3) is 10.9 Å². The first-order chi connectivity index (χ1) is 26.0. The molecule has 4 atom stereocenters. The van der Waals surface area contributed by atoms with Gasteiger partial charge in [-0.15, -0.1) is 0 Å². The molecule has 4 unspecified atom stereocenters. The number of ether oxygens (including phenoxy) is 1. The molecule has 0 aliphatic heterocycles. The second-order valence-electron chi connectivity index (χ2n) is 12.2. The molecule has 6 N–H and O–H groups in total. The molecule has 0 radical (unpaired) electrons. The number of benzene rings is 4. The number of hydrogen-bond acceptors (Lipinski definition) is 7. The zero-order valence-corrected chi connectivity index (χ0v) is 31.5. The van der Waals surface area contributed by atoms with E-state index in [9.17, 15) is 19.5 Å². The molecule has 0 saturated carbocycles. The Hall–Kier alpha value is -4.99. The Morgan fingerprint density at radius 1 is 0.830 bits per heavy atom. The van der Waals surface area contributed by atoms with E-state index < -0.39 is 24.1 Å². The summed E-state index contributed by atoms with van der Waals surface area (Å²) in [5.41, 5.74) is 9.80. The first-order valence-corrected chi connectivity index (χ1v) is 18.0. The van der Waals surface area contributed by atoms with Gasteiger partial charge in [-0.1, -0.05) is 109 Å². The molecule has 1 heterocycles. The van der Waals surface area contributed by atoms with E-state index in [0.29, 0.717) is 32.3 Å². The Morgan fingerprint density at radius 3 is 1.98 bits per heavy atom. The van der Waals surface area contributed by atoms with Gasteiger partial charge in [-0.25, -0.2) is 0 Å². The van der Waals surface area contributed by atoms with Crippen LogP contribution < -0.4 is 16.4 Å². The van der Waals surface area contributed by atoms with Crippen LogP contribution in [0.3, 0.4) is 0 Å². The smallest absolute Gasteiger partial charge is 0.223 e. The summed E-state index contributed by atoms with van der Waals surface area (Å²) in [7, 11) is 4.92. The minimum Gasteiger partial charge on any atom is -0.391 e. The fourth-order valence-electron chi connectivity index (χ4n) is 5.98. The lowest BCUT2D eigenvalue weighted by Gasteiger charge is -2.27. The number of carbonyl (C=O) groups is 3. The summed E-state index contributed by atoms with van der Waals surface area (Å²) in [6.07, 6.45) is 5.33. The third-order valence-corrected chi connectivity index (χ3v) is 8.56. The molecule has 0 fully saturated rings. The van der Waals surface area contributed by atoms with Crippen molar-refractivity contribution in [1.82, 2.24) is 15.6 Å². The predicted octanol–water partition coefficient (Wildman–Crippen LogP) is 6.02. The van der Waals surface area contributed by atoms with Gasteiger partial charge in [-0.3, -0.25) is 14.2 Å². The van der Waals surface area contributed by atoms with Crippen LogP contribution in [0.2, 0.25) is 0 Å². The zero-order valence-electron chi connectivity index (χ0n) is 30.5. The molecule has 0 aliphatic rings. The number of carbonyl (C=O) groups excluding carboxylic acids is 3. The van der Waals surface area contributed by atoms with Gasteiger partial charge >= 0.3 is 0 Å². The van der Waals surface area contributed by atoms with Crippen LogP contribution in [0.15, 0.2) is 121 Å². The van der Waals surface area contributed by atoms with Gasteiger partial charge in [0, 0.05) is 36.5 Å². The van der Waals surface area contributed by atoms with Crippen LogP contribution in [-0.2, 0) is 49.6 Å². The van der Waals surface area contributed by atoms with Gasteiger partial charge in [0.25, 0.3) is 0 Å². The summed E-state index contributed by atoms with van der Waals surface area (Å²) < 4.78 is 13.0. The van der Waals surface area contributed by atoms with Gasteiger partial charge in [-0.2, -0.15) is 0 Å². The number of nitrogens with one attached hydrogen (secondary N) is 3. The lowest BCUT2D eigenvalue weighted by molar-refractivity contribution is -0.128. The monoisotopic (exact) mass is 740 g/mol. The number of aliphatic hydroxyl groups is 1. The summed E-state index contributed by atoms with van der Waals surface area (Å²) in [4.78, 5) is 40.1. The highest BCUT2D eigenvalue weighted by molar-refractivity contribution is 7.00. The topological polar surface area (TPSA) is 164 Å². The molecule has 5 aromatic rings. The van der Waals surface area contributed by atoms with Crippen LogP contribution >= 0.6 is 9.12 Å². The summed E-state index contributed by atoms with van der Waals surface area (Å²) >= 11 is 0. The molecular formula is C42H53N4O6P. The molecule has 282 valence electrons. The van der Waals surface area contributed by atoms with Gasteiger partial charge in [0.15, 0.2) is 0 Å². The first kappa shape index (κ1) is 44.2. The van der Waals surface area contributed by atoms with Gasteiger partial charge in [-0.05, 0) is 67.5 Å². The number of aldehydes is 1. The van der Waals surface area contributed by atoms with Crippen LogP contribution in [-0.4, -0.2) is 61.0 Å². The van der Waals surface area contributed by atoms with Crippen molar-refractivity contribution in [2.24, 2.45) is 11.7 Å². The number of methoxy groups -OCH3 is 1. The highest BCUT2D eigenvalue weighted by Crippen LogP contribution is 2.22. The standard InChI is InChI=1S/C33H37N3O4.C8H10O.CH5N.HOP/c37-22-28(19-27-21-34-30-17-8-7-16-29(27)30)36-33(40)26(15-9-14-24-10-3-1-4-11-24)20-32(39)31(35-23-38)18-25-12-5-2-6-13-25;1-9-7-8-5-3-2-4-6-8;2*1-2/h1-8,10-13,16-17,21-23,26,28,31-32,34,39H,9,14-15,18-20H2,(H,35,38)(H,36,40);2-6H,7H2,1H3;2H2,1H3;2H. The minimum absolute atomic E-state index is 0.164. The Labute approximate surface area is 315 Å². The van der Waals surface area contributed by atoms with Crippen molar-refractivity contribution in [3.05, 3.63) is 144 Å². The van der Waals surface area contributed by atoms with E-state index in [2.05, 4.69) is 33.5 Å². The molecule has 0 spiro atoms. The number of aromatic amines is 1. The second-order valence-corrected chi connectivity index (χ2v) is 12.2. The molecule has 2 amide bonds. The second kappa shape index (κ2) is 26.7. The van der Waals surface area contributed by atoms with Gasteiger partial charge in [0.05, 0.1) is 24.8 Å². The number of para-hydroxylation sites is 1. The molecule has 5 rings (SSSR count). The number of rotatable bonds is 18. The molecule has 1 aromatic heterocycles. The maximum atomic E-state index is 13.5. The number of H-pyrrole nitrogens is 1. The predicted molar refractivity (Wildman–Crippen MR) is 213 cm³/mol. The quantitative estimate of drug-likeness (QED) is 0.0542. The number of amides is 2. The molecule has 53 heavy (non-hydrogen) atoms. The highest BCUT2D eigenvalue weighted by atomic mass is 31.0. The van der Waals surface area contributed by atoms with Crippen molar-refractivity contribution >= 4 is 38.6 Å². The van der Waals surface area contributed by atoms with Crippen LogP contribution in [0.1, 0.15) is 41.5 Å². The normalized spacial score (nSPS) is 12.5. The van der Waals surface area contributed by atoms with E-state index in [1.54, 1.807) is 16.2 Å². The van der Waals surface area contributed by atoms with Crippen LogP contribution in [0, 0.1) is 5.92 Å². The van der Waals surface area contributed by atoms with Crippen molar-refractivity contribution in [3.63, 3.8) is 0 Å². The third-order valence-electron chi connectivity index (χ3n) is 8.56. The number of nitrogens with two attached hydrogens (primary N) is 1. The van der Waals surface area contributed by atoms with E-state index in [1.165, 1.54) is 18.2 Å². The summed E-state index contributed by atoms with van der Waals surface area (Å²) in [6, 6.07) is 36.4. The van der Waals surface area contributed by atoms with E-state index >= 15 is 0 Å². The van der Waals surface area contributed by atoms with E-state index in [0.717, 1.165) is 41.2 Å². The summed E-state index contributed by atoms with van der Waals surface area (Å²) in [5, 5.41) is 17.9. The maximum Gasteiger partial charge on any atom is 0.223 e. The molecular weight excluding hydrogens is 687 g/mol. The average molecular weight is 741 g/mol. The van der Waals surface area contributed by atoms with E-state index in [1.807, 2.05) is 109 Å². The third kappa shape index (κ3) is 16.1. The van der Waals surface area contributed by atoms with Crippen molar-refractivity contribution < 1.29 is 28.8 Å². The highest BCUT2D eigenvalue weighted by Gasteiger charge is 2.28. The Bertz CT molecular complexity index is 1710. The largest absolute Gasteiger partial charge is 0.391 e. The van der Waals surface area contributed by atoms with Gasteiger partial charge in [0.1, 0.15) is 15.4 Å². The lowest BCUT2D eigenvalue weighted by Crippen LogP contribution is -2.46. The molecule has 0 bridgehead atoms. The van der Waals surface area contributed by atoms with Crippen LogP contribution in [0.4, 0.5) is 0 Å². The molecule has 11 heteroatoms. The number of aromatic nitrogens is 1. The SMILES string of the molecule is CN.COCc1ccccc1.O=CNC(Cc1ccccc1)C(O)CC(CCCc1ccccc1)C(=O)NC(C=O)Cc1c[nH]c2ccccc12.O=P. The zero-order chi connectivity index (χ0) is 38.7. The summed E-state index contributed by atoms with van der Waals surface area (Å²) in [5.74, 6) is -0.801. The molecule has 10 nitrogen and oxygen atoms in total. The lowest BCUT2D eigenvalue weighted by atomic mass is 9.89.